The second-order valence-electron chi connectivity index (χ2n) is 5.53. The molecule has 3 aromatic rings. The molecule has 3 heteroatoms. The third-order valence-corrected chi connectivity index (χ3v) is 5.66. The monoisotopic (exact) mass is 313 g/mol. The van der Waals surface area contributed by atoms with Crippen LogP contribution in [0.2, 0.25) is 0 Å². The highest BCUT2D eigenvalue weighted by Crippen LogP contribution is 2.35. The Hall–Kier alpha value is -1.35. The van der Waals surface area contributed by atoms with Crippen LogP contribution >= 0.6 is 22.9 Å². The van der Waals surface area contributed by atoms with Crippen molar-refractivity contribution in [3.63, 3.8) is 0 Å². The zero-order valence-electron chi connectivity index (χ0n) is 11.6. The average molecular weight is 314 g/mol. The van der Waals surface area contributed by atoms with Crippen LogP contribution in [0.1, 0.15) is 22.7 Å². The number of fused-ring (bicyclic) bond motifs is 2. The Morgan fingerprint density at radius 2 is 1.90 bits per heavy atom. The van der Waals surface area contributed by atoms with Gasteiger partial charge in [-0.1, -0.05) is 42.5 Å². The van der Waals surface area contributed by atoms with Crippen LogP contribution in [0.5, 0.6) is 0 Å². The van der Waals surface area contributed by atoms with Crippen LogP contribution in [0.4, 0.5) is 0 Å². The van der Waals surface area contributed by atoms with Gasteiger partial charge in [0.1, 0.15) is 0 Å². The first kappa shape index (κ1) is 13.3. The number of rotatable bonds is 3. The molecular formula is C18H16ClNS. The van der Waals surface area contributed by atoms with Crippen LogP contribution in [-0.4, -0.2) is 5.38 Å². The average Bonchev–Trinajstić information content (AvgIpc) is 3.06. The summed E-state index contributed by atoms with van der Waals surface area (Å²) in [5.41, 5.74) is 4.10. The normalized spacial score (nSPS) is 20.8. The molecule has 0 amide bonds. The SMILES string of the molecule is ClC1Cc2ccccc2C1NCc1csc2ccccc12. The Kier molecular flexibility index (Phi) is 3.46. The van der Waals surface area contributed by atoms with E-state index in [0.717, 1.165) is 13.0 Å². The van der Waals surface area contributed by atoms with Gasteiger partial charge in [0.15, 0.2) is 0 Å². The highest BCUT2D eigenvalue weighted by Gasteiger charge is 2.30. The van der Waals surface area contributed by atoms with Crippen molar-refractivity contribution in [2.24, 2.45) is 0 Å². The number of benzene rings is 2. The molecule has 0 bridgehead atoms. The summed E-state index contributed by atoms with van der Waals surface area (Å²) in [7, 11) is 0. The summed E-state index contributed by atoms with van der Waals surface area (Å²) in [5, 5.41) is 7.41. The van der Waals surface area contributed by atoms with Crippen molar-refractivity contribution in [3.05, 3.63) is 70.6 Å². The molecular weight excluding hydrogens is 298 g/mol. The van der Waals surface area contributed by atoms with E-state index in [2.05, 4.69) is 59.2 Å². The van der Waals surface area contributed by atoms with E-state index in [1.807, 2.05) is 11.3 Å². The van der Waals surface area contributed by atoms with Crippen molar-refractivity contribution >= 4 is 33.0 Å². The fraction of sp³-hybridized carbons (Fsp3) is 0.222. The molecule has 21 heavy (non-hydrogen) atoms. The van der Waals surface area contributed by atoms with Gasteiger partial charge < -0.3 is 5.32 Å². The van der Waals surface area contributed by atoms with Crippen molar-refractivity contribution in [1.82, 2.24) is 5.32 Å². The lowest BCUT2D eigenvalue weighted by Gasteiger charge is -2.17. The molecule has 2 aromatic carbocycles. The fourth-order valence-electron chi connectivity index (χ4n) is 3.17. The van der Waals surface area contributed by atoms with Gasteiger partial charge in [0.05, 0.1) is 5.38 Å². The lowest BCUT2D eigenvalue weighted by Crippen LogP contribution is -2.25. The molecule has 0 spiro atoms. The molecule has 106 valence electrons. The maximum Gasteiger partial charge on any atom is 0.0571 e. The third kappa shape index (κ3) is 2.38. The molecule has 1 heterocycles. The van der Waals surface area contributed by atoms with Gasteiger partial charge in [-0.2, -0.15) is 0 Å². The van der Waals surface area contributed by atoms with Gasteiger partial charge in [-0.25, -0.2) is 0 Å². The summed E-state index contributed by atoms with van der Waals surface area (Å²) in [6, 6.07) is 17.4. The number of nitrogens with one attached hydrogen (secondary N) is 1. The summed E-state index contributed by atoms with van der Waals surface area (Å²) in [6.07, 6.45) is 0.958. The number of thiophene rings is 1. The van der Waals surface area contributed by atoms with Gasteiger partial charge in [-0.05, 0) is 39.9 Å². The zero-order valence-corrected chi connectivity index (χ0v) is 13.1. The van der Waals surface area contributed by atoms with Crippen LogP contribution in [0.3, 0.4) is 0 Å². The fourth-order valence-corrected chi connectivity index (χ4v) is 4.53. The Morgan fingerprint density at radius 1 is 1.10 bits per heavy atom. The van der Waals surface area contributed by atoms with E-state index in [-0.39, 0.29) is 11.4 Å². The standard InChI is InChI=1S/C18H16ClNS/c19-16-9-12-5-1-2-7-15(12)18(16)20-10-13-11-21-17-8-4-3-6-14(13)17/h1-8,11,16,18,20H,9-10H2. The molecule has 4 rings (SSSR count). The maximum absolute atomic E-state index is 6.54. The first-order valence-electron chi connectivity index (χ1n) is 7.23. The lowest BCUT2D eigenvalue weighted by atomic mass is 10.1. The van der Waals surface area contributed by atoms with Crippen molar-refractivity contribution in [3.8, 4) is 0 Å². The molecule has 1 aromatic heterocycles. The van der Waals surface area contributed by atoms with Crippen LogP contribution in [0.15, 0.2) is 53.9 Å². The summed E-state index contributed by atoms with van der Waals surface area (Å²) < 4.78 is 1.35. The molecule has 1 N–H and O–H groups in total. The highest BCUT2D eigenvalue weighted by atomic mass is 35.5. The van der Waals surface area contributed by atoms with E-state index in [4.69, 9.17) is 11.6 Å². The topological polar surface area (TPSA) is 12.0 Å². The Bertz CT molecular complexity index is 779. The predicted molar refractivity (Wildman–Crippen MR) is 91.2 cm³/mol. The van der Waals surface area contributed by atoms with Gasteiger partial charge in [-0.15, -0.1) is 22.9 Å². The number of hydrogen-bond acceptors (Lipinski definition) is 2. The van der Waals surface area contributed by atoms with Crippen LogP contribution in [0, 0.1) is 0 Å². The van der Waals surface area contributed by atoms with Gasteiger partial charge in [-0.3, -0.25) is 0 Å². The lowest BCUT2D eigenvalue weighted by molar-refractivity contribution is 0.538. The molecule has 0 saturated carbocycles. The Labute approximate surface area is 133 Å². The largest absolute Gasteiger partial charge is 0.305 e. The van der Waals surface area contributed by atoms with E-state index >= 15 is 0 Å². The molecule has 0 fully saturated rings. The number of alkyl halides is 1. The third-order valence-electron chi connectivity index (χ3n) is 4.24. The molecule has 1 aliphatic rings. The van der Waals surface area contributed by atoms with E-state index in [0.29, 0.717) is 0 Å². The summed E-state index contributed by atoms with van der Waals surface area (Å²) >= 11 is 8.35. The van der Waals surface area contributed by atoms with Crippen LogP contribution in [-0.2, 0) is 13.0 Å². The first-order valence-corrected chi connectivity index (χ1v) is 8.55. The van der Waals surface area contributed by atoms with E-state index in [1.54, 1.807) is 0 Å². The number of halogens is 1. The van der Waals surface area contributed by atoms with Crippen molar-refractivity contribution < 1.29 is 0 Å². The van der Waals surface area contributed by atoms with E-state index in [1.165, 1.54) is 26.8 Å². The minimum Gasteiger partial charge on any atom is -0.305 e. The maximum atomic E-state index is 6.54. The molecule has 0 saturated heterocycles. The smallest absolute Gasteiger partial charge is 0.0571 e. The summed E-state index contributed by atoms with van der Waals surface area (Å²) in [4.78, 5) is 0. The second-order valence-corrected chi connectivity index (χ2v) is 7.01. The van der Waals surface area contributed by atoms with Crippen molar-refractivity contribution in [1.29, 1.82) is 0 Å². The van der Waals surface area contributed by atoms with E-state index < -0.39 is 0 Å². The summed E-state index contributed by atoms with van der Waals surface area (Å²) in [6.45, 7) is 0.867. The first-order chi connectivity index (χ1) is 10.3. The second kappa shape index (κ2) is 5.45. The van der Waals surface area contributed by atoms with Crippen molar-refractivity contribution in [2.75, 3.05) is 0 Å². The van der Waals surface area contributed by atoms with Gasteiger partial charge in [0.2, 0.25) is 0 Å². The zero-order chi connectivity index (χ0) is 14.2. The van der Waals surface area contributed by atoms with Gasteiger partial charge in [0, 0.05) is 17.3 Å². The minimum atomic E-state index is 0.146. The number of hydrogen-bond donors (Lipinski definition) is 1. The molecule has 2 unspecified atom stereocenters. The Balaban J connectivity index is 1.57. The molecule has 2 atom stereocenters. The molecule has 1 nitrogen and oxygen atoms in total. The molecule has 0 aliphatic heterocycles. The van der Waals surface area contributed by atoms with Gasteiger partial charge >= 0.3 is 0 Å². The van der Waals surface area contributed by atoms with Gasteiger partial charge in [0.25, 0.3) is 0 Å². The summed E-state index contributed by atoms with van der Waals surface area (Å²) in [5.74, 6) is 0. The quantitative estimate of drug-likeness (QED) is 0.678. The van der Waals surface area contributed by atoms with E-state index in [9.17, 15) is 0 Å². The predicted octanol–water partition coefficient (Wildman–Crippen LogP) is 4.90. The highest BCUT2D eigenvalue weighted by molar-refractivity contribution is 7.17. The molecule has 1 aliphatic carbocycles. The molecule has 0 radical (unpaired) electrons. The van der Waals surface area contributed by atoms with Crippen LogP contribution in [0.25, 0.3) is 10.1 Å². The Morgan fingerprint density at radius 3 is 2.86 bits per heavy atom. The minimum absolute atomic E-state index is 0.146. The van der Waals surface area contributed by atoms with Crippen LogP contribution < -0.4 is 5.32 Å². The van der Waals surface area contributed by atoms with Crippen molar-refractivity contribution in [2.45, 2.75) is 24.4 Å².